The number of likely N-dealkylation sites (tertiary alicyclic amines) is 1. The molecule has 0 spiro atoms. The minimum Gasteiger partial charge on any atom is -1.00 e. The molecular formula is C21H25ClN2O. The summed E-state index contributed by atoms with van der Waals surface area (Å²) in [6, 6.07) is 18.5. The highest BCUT2D eigenvalue weighted by Gasteiger charge is 2.38. The van der Waals surface area contributed by atoms with E-state index < -0.39 is 0 Å². The Balaban J connectivity index is 0.00000182. The molecule has 2 aliphatic rings. The van der Waals surface area contributed by atoms with Crippen molar-refractivity contribution in [3.05, 3.63) is 65.7 Å². The van der Waals surface area contributed by atoms with Crippen LogP contribution >= 0.6 is 0 Å². The van der Waals surface area contributed by atoms with Crippen LogP contribution in [0.2, 0.25) is 0 Å². The SMILES string of the molecule is O=C1C(c2ccccc2)c2ccccc2N1CC[NH+]1CCCCC1.[Cl-]. The number of hydrogen-bond acceptors (Lipinski definition) is 1. The normalized spacial score (nSPS) is 20.2. The number of hydrogen-bond donors (Lipinski definition) is 1. The summed E-state index contributed by atoms with van der Waals surface area (Å²) in [5.74, 6) is 0.0950. The summed E-state index contributed by atoms with van der Waals surface area (Å²) in [7, 11) is 0. The van der Waals surface area contributed by atoms with Crippen molar-refractivity contribution in [1.82, 2.24) is 0 Å². The maximum absolute atomic E-state index is 13.2. The number of carbonyl (C=O) groups excluding carboxylic acids is 1. The Hall–Kier alpha value is -1.84. The molecule has 0 aromatic heterocycles. The summed E-state index contributed by atoms with van der Waals surface area (Å²) in [4.78, 5) is 16.8. The smallest absolute Gasteiger partial charge is 0.239 e. The number of quaternary nitrogens is 1. The second-order valence-corrected chi connectivity index (χ2v) is 6.95. The molecule has 1 fully saturated rings. The number of anilines is 1. The van der Waals surface area contributed by atoms with Gasteiger partial charge in [-0.1, -0.05) is 48.5 Å². The molecule has 4 heteroatoms. The summed E-state index contributed by atoms with van der Waals surface area (Å²) < 4.78 is 0. The van der Waals surface area contributed by atoms with Gasteiger partial charge in [-0.3, -0.25) is 4.79 Å². The molecule has 1 atom stereocenters. The van der Waals surface area contributed by atoms with Gasteiger partial charge in [0.2, 0.25) is 5.91 Å². The Morgan fingerprint density at radius 2 is 1.60 bits per heavy atom. The lowest BCUT2D eigenvalue weighted by Crippen LogP contribution is -3.13. The first-order valence-corrected chi connectivity index (χ1v) is 9.13. The van der Waals surface area contributed by atoms with Gasteiger partial charge in [-0.2, -0.15) is 0 Å². The Kier molecular flexibility index (Phi) is 5.77. The van der Waals surface area contributed by atoms with E-state index in [4.69, 9.17) is 0 Å². The van der Waals surface area contributed by atoms with Gasteiger partial charge in [-0.15, -0.1) is 0 Å². The zero-order valence-electron chi connectivity index (χ0n) is 14.5. The van der Waals surface area contributed by atoms with Crippen molar-refractivity contribution in [1.29, 1.82) is 0 Å². The number of fused-ring (bicyclic) bond motifs is 1. The molecule has 25 heavy (non-hydrogen) atoms. The molecule has 0 saturated carbocycles. The van der Waals surface area contributed by atoms with E-state index in [1.54, 1.807) is 4.90 Å². The standard InChI is InChI=1S/C21H24N2O.ClH/c24-21-20(17-9-3-1-4-10-17)18-11-5-6-12-19(18)23(21)16-15-22-13-7-2-8-14-22;/h1,3-6,9-12,20H,2,7-8,13-16H2;1H. The molecule has 0 aliphatic carbocycles. The first kappa shape index (κ1) is 18.0. The number of nitrogens with one attached hydrogen (secondary N) is 1. The van der Waals surface area contributed by atoms with Crippen LogP contribution in [-0.2, 0) is 4.79 Å². The number of rotatable bonds is 4. The fourth-order valence-electron chi connectivity index (χ4n) is 4.15. The molecule has 1 unspecified atom stereocenters. The molecule has 132 valence electrons. The highest BCUT2D eigenvalue weighted by Crippen LogP contribution is 2.40. The van der Waals surface area contributed by atoms with Crippen molar-refractivity contribution in [2.24, 2.45) is 0 Å². The van der Waals surface area contributed by atoms with E-state index in [-0.39, 0.29) is 24.2 Å². The molecule has 2 heterocycles. The molecule has 0 radical (unpaired) electrons. The lowest BCUT2D eigenvalue weighted by molar-refractivity contribution is -0.903. The van der Waals surface area contributed by atoms with Crippen molar-refractivity contribution in [2.45, 2.75) is 25.2 Å². The average Bonchev–Trinajstić information content (AvgIpc) is 2.93. The van der Waals surface area contributed by atoms with Gasteiger partial charge in [0.15, 0.2) is 0 Å². The van der Waals surface area contributed by atoms with Gasteiger partial charge in [0, 0.05) is 5.69 Å². The van der Waals surface area contributed by atoms with E-state index >= 15 is 0 Å². The largest absolute Gasteiger partial charge is 1.00 e. The van der Waals surface area contributed by atoms with Crippen molar-refractivity contribution < 1.29 is 22.1 Å². The van der Waals surface area contributed by atoms with E-state index in [1.807, 2.05) is 35.2 Å². The Bertz CT molecular complexity index is 713. The third-order valence-corrected chi connectivity index (χ3v) is 5.43. The monoisotopic (exact) mass is 356 g/mol. The molecule has 4 rings (SSSR count). The maximum atomic E-state index is 13.2. The van der Waals surface area contributed by atoms with Gasteiger partial charge in [-0.05, 0) is 36.5 Å². The summed E-state index contributed by atoms with van der Waals surface area (Å²) >= 11 is 0. The van der Waals surface area contributed by atoms with Crippen molar-refractivity contribution >= 4 is 11.6 Å². The van der Waals surface area contributed by atoms with Gasteiger partial charge in [0.1, 0.15) is 0 Å². The molecule has 1 saturated heterocycles. The zero-order valence-corrected chi connectivity index (χ0v) is 15.2. The number of piperidine rings is 1. The molecule has 2 aromatic rings. The third-order valence-electron chi connectivity index (χ3n) is 5.43. The van der Waals surface area contributed by atoms with E-state index in [0.717, 1.165) is 29.9 Å². The summed E-state index contributed by atoms with van der Waals surface area (Å²) in [5, 5.41) is 0. The summed E-state index contributed by atoms with van der Waals surface area (Å²) in [6.07, 6.45) is 4.02. The van der Waals surface area contributed by atoms with Crippen LogP contribution in [0.15, 0.2) is 54.6 Å². The Morgan fingerprint density at radius 1 is 0.920 bits per heavy atom. The maximum Gasteiger partial charge on any atom is 0.239 e. The first-order chi connectivity index (χ1) is 11.8. The number of carbonyl (C=O) groups is 1. The van der Waals surface area contributed by atoms with Crippen LogP contribution in [0.4, 0.5) is 5.69 Å². The predicted molar refractivity (Wildman–Crippen MR) is 96.5 cm³/mol. The van der Waals surface area contributed by atoms with Crippen LogP contribution in [0.1, 0.15) is 36.3 Å². The van der Waals surface area contributed by atoms with Crippen molar-refractivity contribution in [3.63, 3.8) is 0 Å². The van der Waals surface area contributed by atoms with E-state index in [2.05, 4.69) is 24.3 Å². The van der Waals surface area contributed by atoms with Crippen LogP contribution in [-0.4, -0.2) is 32.1 Å². The van der Waals surface area contributed by atoms with E-state index in [1.165, 1.54) is 32.4 Å². The summed E-state index contributed by atoms with van der Waals surface area (Å²) in [6.45, 7) is 4.40. The minimum absolute atomic E-state index is 0. The van der Waals surface area contributed by atoms with Crippen LogP contribution in [0, 0.1) is 0 Å². The zero-order chi connectivity index (χ0) is 16.4. The Morgan fingerprint density at radius 3 is 2.36 bits per heavy atom. The molecule has 1 amide bonds. The molecule has 1 N–H and O–H groups in total. The molecular weight excluding hydrogens is 332 g/mol. The third kappa shape index (κ3) is 3.58. The van der Waals surface area contributed by atoms with Crippen LogP contribution < -0.4 is 22.2 Å². The van der Waals surface area contributed by atoms with E-state index in [9.17, 15) is 4.79 Å². The van der Waals surface area contributed by atoms with Gasteiger partial charge < -0.3 is 22.2 Å². The minimum atomic E-state index is -0.140. The number of halogens is 1. The highest BCUT2D eigenvalue weighted by atomic mass is 35.5. The molecule has 2 aromatic carbocycles. The molecule has 3 nitrogen and oxygen atoms in total. The van der Waals surface area contributed by atoms with E-state index in [0.29, 0.717) is 0 Å². The second-order valence-electron chi connectivity index (χ2n) is 6.95. The number of nitrogens with zero attached hydrogens (tertiary/aromatic N) is 1. The van der Waals surface area contributed by atoms with Crippen LogP contribution in [0.5, 0.6) is 0 Å². The average molecular weight is 357 g/mol. The highest BCUT2D eigenvalue weighted by molar-refractivity contribution is 6.06. The van der Waals surface area contributed by atoms with Crippen LogP contribution in [0.3, 0.4) is 0 Å². The fourth-order valence-corrected chi connectivity index (χ4v) is 4.15. The number of para-hydroxylation sites is 1. The Labute approximate surface area is 156 Å². The topological polar surface area (TPSA) is 24.8 Å². The predicted octanol–water partition coefficient (Wildman–Crippen LogP) is -0.762. The number of amides is 1. The fraction of sp³-hybridized carbons (Fsp3) is 0.381. The second kappa shape index (κ2) is 8.03. The van der Waals surface area contributed by atoms with Gasteiger partial charge in [0.05, 0.1) is 32.1 Å². The van der Waals surface area contributed by atoms with Crippen molar-refractivity contribution in [2.75, 3.05) is 31.1 Å². The van der Waals surface area contributed by atoms with Gasteiger partial charge >= 0.3 is 0 Å². The quantitative estimate of drug-likeness (QED) is 0.765. The van der Waals surface area contributed by atoms with Crippen LogP contribution in [0.25, 0.3) is 0 Å². The lowest BCUT2D eigenvalue weighted by Gasteiger charge is -2.26. The number of benzene rings is 2. The van der Waals surface area contributed by atoms with Crippen molar-refractivity contribution in [3.8, 4) is 0 Å². The molecule has 2 aliphatic heterocycles. The first-order valence-electron chi connectivity index (χ1n) is 9.13. The van der Waals surface area contributed by atoms with Gasteiger partial charge in [-0.25, -0.2) is 0 Å². The molecule has 0 bridgehead atoms. The van der Waals surface area contributed by atoms with Gasteiger partial charge in [0.25, 0.3) is 0 Å². The summed E-state index contributed by atoms with van der Waals surface area (Å²) in [5.41, 5.74) is 3.36. The lowest BCUT2D eigenvalue weighted by atomic mass is 9.93.